The zero-order valence-corrected chi connectivity index (χ0v) is 9.82. The molecular weight excluding hydrogens is 254 g/mol. The summed E-state index contributed by atoms with van der Waals surface area (Å²) < 4.78 is 1.06. The van der Waals surface area contributed by atoms with Gasteiger partial charge in [-0.15, -0.1) is 0 Å². The molecule has 0 aliphatic heterocycles. The Morgan fingerprint density at radius 1 is 1.13 bits per heavy atom. The van der Waals surface area contributed by atoms with Crippen LogP contribution in [0.4, 0.5) is 11.5 Å². The summed E-state index contributed by atoms with van der Waals surface area (Å²) in [5.74, 6) is 0.810. The summed E-state index contributed by atoms with van der Waals surface area (Å²) in [5, 5.41) is 3.20. The molecule has 1 aromatic heterocycles. The van der Waals surface area contributed by atoms with Crippen LogP contribution in [0.15, 0.2) is 41.1 Å². The van der Waals surface area contributed by atoms with Crippen LogP contribution in [-0.4, -0.2) is 9.97 Å². The van der Waals surface area contributed by atoms with Crippen LogP contribution < -0.4 is 5.32 Å². The summed E-state index contributed by atoms with van der Waals surface area (Å²) >= 11 is 3.39. The second-order valence-corrected chi connectivity index (χ2v) is 4.09. The van der Waals surface area contributed by atoms with E-state index in [4.69, 9.17) is 0 Å². The van der Waals surface area contributed by atoms with Crippen LogP contribution in [-0.2, 0) is 0 Å². The summed E-state index contributed by atoms with van der Waals surface area (Å²) in [6, 6.07) is 9.85. The van der Waals surface area contributed by atoms with E-state index in [2.05, 4.69) is 31.2 Å². The summed E-state index contributed by atoms with van der Waals surface area (Å²) in [4.78, 5) is 8.16. The Balaban J connectivity index is 2.18. The third kappa shape index (κ3) is 2.76. The summed E-state index contributed by atoms with van der Waals surface area (Å²) in [7, 11) is 0. The Labute approximate surface area is 96.7 Å². The number of nitrogens with zero attached hydrogens (tertiary/aromatic N) is 2. The molecule has 0 radical (unpaired) electrons. The topological polar surface area (TPSA) is 37.8 Å². The van der Waals surface area contributed by atoms with Gasteiger partial charge in [0.25, 0.3) is 0 Å². The highest BCUT2D eigenvalue weighted by atomic mass is 79.9. The van der Waals surface area contributed by atoms with Gasteiger partial charge >= 0.3 is 0 Å². The van der Waals surface area contributed by atoms with Crippen molar-refractivity contribution in [3.8, 4) is 0 Å². The Morgan fingerprint density at radius 2 is 1.87 bits per heavy atom. The first-order valence-corrected chi connectivity index (χ1v) is 5.34. The van der Waals surface area contributed by atoms with E-state index >= 15 is 0 Å². The van der Waals surface area contributed by atoms with Gasteiger partial charge in [0.15, 0.2) is 0 Å². The molecule has 0 spiro atoms. The van der Waals surface area contributed by atoms with Crippen molar-refractivity contribution in [2.45, 2.75) is 6.92 Å². The predicted molar refractivity (Wildman–Crippen MR) is 64.2 cm³/mol. The van der Waals surface area contributed by atoms with Gasteiger partial charge < -0.3 is 5.32 Å². The smallest absolute Gasteiger partial charge is 0.133 e. The van der Waals surface area contributed by atoms with E-state index in [0.717, 1.165) is 21.7 Å². The lowest BCUT2D eigenvalue weighted by Crippen LogP contribution is -1.94. The fourth-order valence-electron chi connectivity index (χ4n) is 1.20. The predicted octanol–water partition coefficient (Wildman–Crippen LogP) is 3.29. The molecule has 0 amide bonds. The maximum atomic E-state index is 4.12. The molecule has 1 N–H and O–H groups in total. The monoisotopic (exact) mass is 263 g/mol. The van der Waals surface area contributed by atoms with E-state index in [0.29, 0.717) is 0 Å². The van der Waals surface area contributed by atoms with Crippen molar-refractivity contribution in [1.82, 2.24) is 9.97 Å². The summed E-state index contributed by atoms with van der Waals surface area (Å²) in [6.45, 7) is 1.94. The molecule has 0 saturated carbocycles. The number of rotatable bonds is 2. The second-order valence-electron chi connectivity index (χ2n) is 3.18. The van der Waals surface area contributed by atoms with Gasteiger partial charge in [-0.05, 0) is 31.2 Å². The number of halogens is 1. The van der Waals surface area contributed by atoms with E-state index in [1.165, 1.54) is 0 Å². The van der Waals surface area contributed by atoms with Crippen LogP contribution in [0, 0.1) is 6.92 Å². The first-order valence-electron chi connectivity index (χ1n) is 4.55. The minimum Gasteiger partial charge on any atom is -0.340 e. The first kappa shape index (κ1) is 10.1. The van der Waals surface area contributed by atoms with Crippen molar-refractivity contribution in [2.75, 3.05) is 5.32 Å². The minimum atomic E-state index is 0.810. The van der Waals surface area contributed by atoms with Gasteiger partial charge in [-0.25, -0.2) is 9.97 Å². The van der Waals surface area contributed by atoms with Gasteiger partial charge in [0.05, 0.1) is 0 Å². The molecule has 0 aliphatic carbocycles. The summed E-state index contributed by atoms with van der Waals surface area (Å²) in [6.07, 6.45) is 1.55. The van der Waals surface area contributed by atoms with Crippen molar-refractivity contribution < 1.29 is 0 Å². The van der Waals surface area contributed by atoms with E-state index in [1.807, 2.05) is 37.3 Å². The van der Waals surface area contributed by atoms with Crippen molar-refractivity contribution in [2.24, 2.45) is 0 Å². The molecule has 2 rings (SSSR count). The Hall–Kier alpha value is -1.42. The van der Waals surface area contributed by atoms with Crippen LogP contribution in [0.3, 0.4) is 0 Å². The van der Waals surface area contributed by atoms with Gasteiger partial charge in [-0.1, -0.05) is 15.9 Å². The molecule has 2 aromatic rings. The van der Waals surface area contributed by atoms with E-state index in [9.17, 15) is 0 Å². The summed E-state index contributed by atoms with van der Waals surface area (Å²) in [5.41, 5.74) is 1.96. The SMILES string of the molecule is Cc1cc(Nc2ccc(Br)cc2)ncn1. The Kier molecular flexibility index (Phi) is 2.97. The van der Waals surface area contributed by atoms with Gasteiger partial charge in [0.2, 0.25) is 0 Å². The number of aromatic nitrogens is 2. The number of hydrogen-bond acceptors (Lipinski definition) is 3. The van der Waals surface area contributed by atoms with Gasteiger partial charge in [-0.3, -0.25) is 0 Å². The maximum Gasteiger partial charge on any atom is 0.133 e. The van der Waals surface area contributed by atoms with Crippen molar-refractivity contribution in [3.05, 3.63) is 46.8 Å². The van der Waals surface area contributed by atoms with Crippen LogP contribution in [0.1, 0.15) is 5.69 Å². The minimum absolute atomic E-state index is 0.810. The lowest BCUT2D eigenvalue weighted by Gasteiger charge is -2.05. The lowest BCUT2D eigenvalue weighted by atomic mass is 10.3. The molecule has 0 saturated heterocycles. The van der Waals surface area contributed by atoms with Gasteiger partial charge in [0.1, 0.15) is 12.1 Å². The quantitative estimate of drug-likeness (QED) is 0.904. The van der Waals surface area contributed by atoms with E-state index in [1.54, 1.807) is 6.33 Å². The third-order valence-electron chi connectivity index (χ3n) is 1.92. The van der Waals surface area contributed by atoms with Crippen LogP contribution in [0.25, 0.3) is 0 Å². The highest BCUT2D eigenvalue weighted by Gasteiger charge is 1.96. The fraction of sp³-hybridized carbons (Fsp3) is 0.0909. The van der Waals surface area contributed by atoms with Crippen molar-refractivity contribution in [1.29, 1.82) is 0 Å². The third-order valence-corrected chi connectivity index (χ3v) is 2.45. The number of anilines is 2. The molecule has 15 heavy (non-hydrogen) atoms. The number of benzene rings is 1. The zero-order valence-electron chi connectivity index (χ0n) is 8.24. The molecule has 4 heteroatoms. The van der Waals surface area contributed by atoms with Gasteiger partial charge in [-0.2, -0.15) is 0 Å². The molecule has 3 nitrogen and oxygen atoms in total. The normalized spacial score (nSPS) is 10.0. The average molecular weight is 264 g/mol. The second kappa shape index (κ2) is 4.40. The van der Waals surface area contributed by atoms with Crippen molar-refractivity contribution in [3.63, 3.8) is 0 Å². The maximum absolute atomic E-state index is 4.12. The van der Waals surface area contributed by atoms with Crippen LogP contribution in [0.5, 0.6) is 0 Å². The molecule has 0 bridgehead atoms. The average Bonchev–Trinajstić information content (AvgIpc) is 2.22. The van der Waals surface area contributed by atoms with E-state index < -0.39 is 0 Å². The molecule has 1 heterocycles. The molecule has 1 aromatic carbocycles. The molecule has 0 unspecified atom stereocenters. The molecule has 76 valence electrons. The first-order chi connectivity index (χ1) is 7.24. The van der Waals surface area contributed by atoms with Crippen LogP contribution in [0.2, 0.25) is 0 Å². The number of aryl methyl sites for hydroxylation is 1. The van der Waals surface area contributed by atoms with Gasteiger partial charge in [0, 0.05) is 21.9 Å². The zero-order chi connectivity index (χ0) is 10.7. The number of nitrogens with one attached hydrogen (secondary N) is 1. The number of hydrogen-bond donors (Lipinski definition) is 1. The van der Waals surface area contributed by atoms with E-state index in [-0.39, 0.29) is 0 Å². The Morgan fingerprint density at radius 3 is 2.53 bits per heavy atom. The lowest BCUT2D eigenvalue weighted by molar-refractivity contribution is 1.10. The largest absolute Gasteiger partial charge is 0.340 e. The molecule has 0 atom stereocenters. The van der Waals surface area contributed by atoms with Crippen LogP contribution >= 0.6 is 15.9 Å². The highest BCUT2D eigenvalue weighted by Crippen LogP contribution is 2.17. The molecular formula is C11H10BrN3. The Bertz CT molecular complexity index is 454. The highest BCUT2D eigenvalue weighted by molar-refractivity contribution is 9.10. The standard InChI is InChI=1S/C11H10BrN3/c1-8-6-11(14-7-13-8)15-10-4-2-9(12)3-5-10/h2-7H,1H3,(H,13,14,15). The fourth-order valence-corrected chi connectivity index (χ4v) is 1.47. The van der Waals surface area contributed by atoms with Crippen molar-refractivity contribution >= 4 is 27.4 Å². The molecule has 0 fully saturated rings. The molecule has 0 aliphatic rings.